The molecule has 0 aliphatic carbocycles. The van der Waals surface area contributed by atoms with Gasteiger partial charge in [-0.05, 0) is 48.5 Å². The minimum Gasteiger partial charge on any atom is -0.497 e. The molecule has 1 N–H and O–H groups in total. The van der Waals surface area contributed by atoms with E-state index in [9.17, 15) is 9.59 Å². The van der Waals surface area contributed by atoms with Crippen LogP contribution in [0.5, 0.6) is 11.5 Å². The van der Waals surface area contributed by atoms with Crippen LogP contribution in [0.4, 0.5) is 5.69 Å². The fourth-order valence-corrected chi connectivity index (χ4v) is 3.40. The van der Waals surface area contributed by atoms with Crippen LogP contribution in [0.15, 0.2) is 53.7 Å². The van der Waals surface area contributed by atoms with Crippen molar-refractivity contribution in [3.05, 3.63) is 59.9 Å². The average molecular weight is 426 g/mol. The van der Waals surface area contributed by atoms with Gasteiger partial charge in [-0.15, -0.1) is 10.2 Å². The second kappa shape index (κ2) is 9.93. The second-order valence-corrected chi connectivity index (χ2v) is 7.33. The van der Waals surface area contributed by atoms with Crippen molar-refractivity contribution in [3.63, 3.8) is 0 Å². The topological polar surface area (TPSA) is 95.3 Å². The molecule has 0 fully saturated rings. The number of aromatic nitrogens is 3. The zero-order chi connectivity index (χ0) is 21.5. The monoisotopic (exact) mass is 426 g/mol. The Morgan fingerprint density at radius 2 is 1.70 bits per heavy atom. The molecule has 156 valence electrons. The minimum absolute atomic E-state index is 0.0339. The van der Waals surface area contributed by atoms with Crippen molar-refractivity contribution in [3.8, 4) is 11.5 Å². The van der Waals surface area contributed by atoms with Crippen LogP contribution in [0.2, 0.25) is 0 Å². The minimum atomic E-state index is -0.154. The Balaban J connectivity index is 1.54. The number of benzene rings is 2. The molecule has 0 bridgehead atoms. The van der Waals surface area contributed by atoms with E-state index < -0.39 is 0 Å². The Morgan fingerprint density at radius 3 is 2.33 bits per heavy atom. The maximum Gasteiger partial charge on any atom is 0.221 e. The molecule has 30 heavy (non-hydrogen) atoms. The highest BCUT2D eigenvalue weighted by molar-refractivity contribution is 7.99. The van der Waals surface area contributed by atoms with Crippen LogP contribution in [-0.4, -0.2) is 39.3 Å². The van der Waals surface area contributed by atoms with Gasteiger partial charge in [-0.1, -0.05) is 11.8 Å². The summed E-state index contributed by atoms with van der Waals surface area (Å²) >= 11 is 1.31. The number of methoxy groups -OCH3 is 1. The number of carbonyl (C=O) groups is 2. The summed E-state index contributed by atoms with van der Waals surface area (Å²) in [5.41, 5.74) is 1.23. The number of ketones is 1. The molecule has 1 heterocycles. The summed E-state index contributed by atoms with van der Waals surface area (Å²) in [7, 11) is 3.45. The molecule has 0 aliphatic rings. The number of nitrogens with one attached hydrogen (secondary N) is 1. The number of anilines is 1. The number of Topliss-reactive ketones (excluding diaryl/α,β-unsaturated/α-hetero) is 1. The summed E-state index contributed by atoms with van der Waals surface area (Å²) in [6, 6.07) is 14.1. The fourth-order valence-electron chi connectivity index (χ4n) is 2.57. The summed E-state index contributed by atoms with van der Waals surface area (Å²) in [5, 5.41) is 11.6. The Kier molecular flexibility index (Phi) is 7.08. The van der Waals surface area contributed by atoms with Crippen LogP contribution in [0, 0.1) is 0 Å². The summed E-state index contributed by atoms with van der Waals surface area (Å²) in [5.74, 6) is 2.15. The summed E-state index contributed by atoms with van der Waals surface area (Å²) in [6.45, 7) is 1.70. The van der Waals surface area contributed by atoms with Crippen molar-refractivity contribution in [2.75, 3.05) is 18.2 Å². The average Bonchev–Trinajstić information content (AvgIpc) is 3.10. The van der Waals surface area contributed by atoms with Gasteiger partial charge < -0.3 is 19.4 Å². The first kappa shape index (κ1) is 21.4. The SMILES string of the molecule is COc1ccc(OCc2nnc(SCC(=O)c3ccc(NC(C)=O)cc3)n2C)cc1. The van der Waals surface area contributed by atoms with Crippen LogP contribution >= 0.6 is 11.8 Å². The lowest BCUT2D eigenvalue weighted by Gasteiger charge is -2.07. The van der Waals surface area contributed by atoms with Gasteiger partial charge in [0.05, 0.1) is 12.9 Å². The Morgan fingerprint density at radius 1 is 1.03 bits per heavy atom. The number of thioether (sulfide) groups is 1. The van der Waals surface area contributed by atoms with E-state index in [1.807, 2.05) is 31.3 Å². The highest BCUT2D eigenvalue weighted by atomic mass is 32.2. The molecule has 0 atom stereocenters. The molecule has 0 spiro atoms. The maximum atomic E-state index is 12.4. The molecular formula is C21H22N4O4S. The molecular weight excluding hydrogens is 404 g/mol. The third-order valence-electron chi connectivity index (χ3n) is 4.21. The summed E-state index contributed by atoms with van der Waals surface area (Å²) < 4.78 is 12.7. The van der Waals surface area contributed by atoms with Gasteiger partial charge in [-0.3, -0.25) is 9.59 Å². The Labute approximate surface area is 178 Å². The molecule has 0 unspecified atom stereocenters. The molecule has 3 rings (SSSR count). The number of nitrogens with zero attached hydrogens (tertiary/aromatic N) is 3. The van der Waals surface area contributed by atoms with E-state index in [1.165, 1.54) is 18.7 Å². The largest absolute Gasteiger partial charge is 0.497 e. The van der Waals surface area contributed by atoms with Crippen LogP contribution < -0.4 is 14.8 Å². The molecule has 1 aromatic heterocycles. The standard InChI is InChI=1S/C21H22N4O4S/c1-14(26)22-16-6-4-15(5-7-16)19(27)13-30-21-24-23-20(25(21)2)12-29-18-10-8-17(28-3)9-11-18/h4-11H,12-13H2,1-3H3,(H,22,26). The zero-order valence-corrected chi connectivity index (χ0v) is 17.7. The number of ether oxygens (including phenoxy) is 2. The third kappa shape index (κ3) is 5.60. The van der Waals surface area contributed by atoms with Gasteiger partial charge in [-0.2, -0.15) is 0 Å². The van der Waals surface area contributed by atoms with Gasteiger partial charge in [-0.25, -0.2) is 0 Å². The van der Waals surface area contributed by atoms with E-state index >= 15 is 0 Å². The lowest BCUT2D eigenvalue weighted by atomic mass is 10.1. The smallest absolute Gasteiger partial charge is 0.221 e. The normalized spacial score (nSPS) is 10.5. The molecule has 2 aromatic carbocycles. The van der Waals surface area contributed by atoms with Crippen molar-refractivity contribution >= 4 is 29.1 Å². The predicted octanol–water partition coefficient (Wildman–Crippen LogP) is 3.34. The van der Waals surface area contributed by atoms with Crippen molar-refractivity contribution in [1.82, 2.24) is 14.8 Å². The van der Waals surface area contributed by atoms with E-state index in [0.717, 1.165) is 5.75 Å². The van der Waals surface area contributed by atoms with Gasteiger partial charge in [0.2, 0.25) is 5.91 Å². The van der Waals surface area contributed by atoms with E-state index in [4.69, 9.17) is 9.47 Å². The molecule has 0 saturated heterocycles. The third-order valence-corrected chi connectivity index (χ3v) is 5.23. The van der Waals surface area contributed by atoms with Gasteiger partial charge in [0, 0.05) is 25.2 Å². The molecule has 0 radical (unpaired) electrons. The van der Waals surface area contributed by atoms with E-state index in [0.29, 0.717) is 28.0 Å². The first-order chi connectivity index (χ1) is 14.5. The molecule has 8 nitrogen and oxygen atoms in total. The van der Waals surface area contributed by atoms with Gasteiger partial charge in [0.25, 0.3) is 0 Å². The van der Waals surface area contributed by atoms with Crippen LogP contribution in [0.25, 0.3) is 0 Å². The van der Waals surface area contributed by atoms with Crippen molar-refractivity contribution < 1.29 is 19.1 Å². The number of carbonyl (C=O) groups excluding carboxylic acids is 2. The van der Waals surface area contributed by atoms with Crippen LogP contribution in [-0.2, 0) is 18.4 Å². The van der Waals surface area contributed by atoms with Gasteiger partial charge in [0.15, 0.2) is 16.8 Å². The van der Waals surface area contributed by atoms with E-state index in [2.05, 4.69) is 15.5 Å². The second-order valence-electron chi connectivity index (χ2n) is 6.39. The van der Waals surface area contributed by atoms with Crippen molar-refractivity contribution in [1.29, 1.82) is 0 Å². The number of hydrogen-bond donors (Lipinski definition) is 1. The lowest BCUT2D eigenvalue weighted by molar-refractivity contribution is -0.114. The Bertz CT molecular complexity index is 1020. The maximum absolute atomic E-state index is 12.4. The van der Waals surface area contributed by atoms with Crippen molar-refractivity contribution in [2.24, 2.45) is 7.05 Å². The van der Waals surface area contributed by atoms with Gasteiger partial charge in [0.1, 0.15) is 18.1 Å². The number of amides is 1. The first-order valence-electron chi connectivity index (χ1n) is 9.15. The van der Waals surface area contributed by atoms with E-state index in [-0.39, 0.29) is 24.1 Å². The molecule has 9 heteroatoms. The number of hydrogen-bond acceptors (Lipinski definition) is 7. The highest BCUT2D eigenvalue weighted by Crippen LogP contribution is 2.21. The van der Waals surface area contributed by atoms with Crippen molar-refractivity contribution in [2.45, 2.75) is 18.7 Å². The van der Waals surface area contributed by atoms with Crippen LogP contribution in [0.3, 0.4) is 0 Å². The molecule has 1 amide bonds. The summed E-state index contributed by atoms with van der Waals surface area (Å²) in [6.07, 6.45) is 0. The summed E-state index contributed by atoms with van der Waals surface area (Å²) in [4.78, 5) is 23.5. The molecule has 3 aromatic rings. The Hall–Kier alpha value is -3.33. The number of rotatable bonds is 9. The quantitative estimate of drug-likeness (QED) is 0.414. The zero-order valence-electron chi connectivity index (χ0n) is 16.9. The fraction of sp³-hybridized carbons (Fsp3) is 0.238. The van der Waals surface area contributed by atoms with Gasteiger partial charge >= 0.3 is 0 Å². The lowest BCUT2D eigenvalue weighted by Crippen LogP contribution is -2.07. The molecule has 0 saturated carbocycles. The highest BCUT2D eigenvalue weighted by Gasteiger charge is 2.13. The predicted molar refractivity (Wildman–Crippen MR) is 114 cm³/mol. The van der Waals surface area contributed by atoms with Crippen LogP contribution in [0.1, 0.15) is 23.1 Å². The first-order valence-corrected chi connectivity index (χ1v) is 10.1. The molecule has 0 aliphatic heterocycles. The van der Waals surface area contributed by atoms with E-state index in [1.54, 1.807) is 35.9 Å².